The van der Waals surface area contributed by atoms with Crippen LogP contribution in [0.2, 0.25) is 0 Å². The molecule has 142 valence electrons. The monoisotopic (exact) mass is 370 g/mol. The van der Waals surface area contributed by atoms with Gasteiger partial charge in [0.05, 0.1) is 25.4 Å². The van der Waals surface area contributed by atoms with E-state index in [2.05, 4.69) is 9.97 Å². The van der Waals surface area contributed by atoms with E-state index in [1.807, 2.05) is 24.3 Å². The number of amides is 1. The Bertz CT molecular complexity index is 838. The maximum absolute atomic E-state index is 12.4. The van der Waals surface area contributed by atoms with Gasteiger partial charge in [-0.3, -0.25) is 9.59 Å². The van der Waals surface area contributed by atoms with E-state index in [-0.39, 0.29) is 18.7 Å². The van der Waals surface area contributed by atoms with E-state index in [1.165, 1.54) is 0 Å². The van der Waals surface area contributed by atoms with E-state index in [9.17, 15) is 9.59 Å². The average molecular weight is 370 g/mol. The second-order valence-corrected chi connectivity index (χ2v) is 6.52. The lowest BCUT2D eigenvalue weighted by molar-refractivity contribution is -0.137. The average Bonchev–Trinajstić information content (AvgIpc) is 3.09. The first kappa shape index (κ1) is 18.8. The predicted octanol–water partition coefficient (Wildman–Crippen LogP) is 1.11. The SMILES string of the molecule is COc1ccc(Cc2ncc3c(n2)CN(C(=O)[C@@H](N)CCC(=O)O)C3)cc1. The predicted molar refractivity (Wildman–Crippen MR) is 96.9 cm³/mol. The highest BCUT2D eigenvalue weighted by molar-refractivity contribution is 5.82. The normalized spacial score (nSPS) is 13.9. The highest BCUT2D eigenvalue weighted by Crippen LogP contribution is 2.22. The fourth-order valence-corrected chi connectivity index (χ4v) is 3.00. The lowest BCUT2D eigenvalue weighted by atomic mass is 10.1. The zero-order chi connectivity index (χ0) is 19.4. The Balaban J connectivity index is 1.63. The van der Waals surface area contributed by atoms with Gasteiger partial charge in [-0.25, -0.2) is 9.97 Å². The number of benzene rings is 1. The number of carbonyl (C=O) groups excluding carboxylic acids is 1. The number of aromatic nitrogens is 2. The van der Waals surface area contributed by atoms with Gasteiger partial charge in [-0.1, -0.05) is 12.1 Å². The number of carboxylic acids is 1. The molecule has 0 aliphatic carbocycles. The van der Waals surface area contributed by atoms with Crippen molar-refractivity contribution in [1.82, 2.24) is 14.9 Å². The molecule has 3 rings (SSSR count). The van der Waals surface area contributed by atoms with Crippen LogP contribution in [0.15, 0.2) is 30.5 Å². The Morgan fingerprint density at radius 2 is 2.04 bits per heavy atom. The number of methoxy groups -OCH3 is 1. The van der Waals surface area contributed by atoms with Gasteiger partial charge in [-0.15, -0.1) is 0 Å². The smallest absolute Gasteiger partial charge is 0.303 e. The van der Waals surface area contributed by atoms with Gasteiger partial charge in [-0.2, -0.15) is 0 Å². The molecule has 1 aliphatic rings. The van der Waals surface area contributed by atoms with Crippen molar-refractivity contribution in [2.24, 2.45) is 5.73 Å². The van der Waals surface area contributed by atoms with E-state index >= 15 is 0 Å². The van der Waals surface area contributed by atoms with E-state index in [1.54, 1.807) is 18.2 Å². The van der Waals surface area contributed by atoms with Crippen molar-refractivity contribution >= 4 is 11.9 Å². The third-order valence-electron chi connectivity index (χ3n) is 4.53. The van der Waals surface area contributed by atoms with Crippen LogP contribution in [0.25, 0.3) is 0 Å². The van der Waals surface area contributed by atoms with Crippen LogP contribution in [0.5, 0.6) is 5.75 Å². The minimum Gasteiger partial charge on any atom is -0.497 e. The van der Waals surface area contributed by atoms with Gasteiger partial charge in [0.2, 0.25) is 5.91 Å². The Morgan fingerprint density at radius 3 is 2.70 bits per heavy atom. The Hall–Kier alpha value is -3.00. The maximum atomic E-state index is 12.4. The van der Waals surface area contributed by atoms with Crippen molar-refractivity contribution < 1.29 is 19.4 Å². The van der Waals surface area contributed by atoms with Crippen LogP contribution < -0.4 is 10.5 Å². The van der Waals surface area contributed by atoms with Gasteiger partial charge < -0.3 is 20.5 Å². The molecule has 0 spiro atoms. The fraction of sp³-hybridized carbons (Fsp3) is 0.368. The summed E-state index contributed by atoms with van der Waals surface area (Å²) in [6, 6.07) is 6.89. The highest BCUT2D eigenvalue weighted by atomic mass is 16.5. The molecule has 0 radical (unpaired) electrons. The second kappa shape index (κ2) is 8.13. The zero-order valence-corrected chi connectivity index (χ0v) is 15.1. The number of carbonyl (C=O) groups is 2. The van der Waals surface area contributed by atoms with Crippen LogP contribution in [-0.4, -0.2) is 45.0 Å². The number of hydrogen-bond acceptors (Lipinski definition) is 6. The molecule has 0 bridgehead atoms. The lowest BCUT2D eigenvalue weighted by Crippen LogP contribution is -2.41. The first-order valence-electron chi connectivity index (χ1n) is 8.69. The molecular formula is C19H22N4O4. The molecule has 1 aromatic heterocycles. The Labute approximate surface area is 157 Å². The van der Waals surface area contributed by atoms with Gasteiger partial charge in [0.15, 0.2) is 0 Å². The number of ether oxygens (including phenoxy) is 1. The molecule has 8 nitrogen and oxygen atoms in total. The largest absolute Gasteiger partial charge is 0.497 e. The third kappa shape index (κ3) is 4.59. The Morgan fingerprint density at radius 1 is 1.30 bits per heavy atom. The van der Waals surface area contributed by atoms with Crippen LogP contribution >= 0.6 is 0 Å². The minimum absolute atomic E-state index is 0.120. The van der Waals surface area contributed by atoms with E-state index < -0.39 is 12.0 Å². The highest BCUT2D eigenvalue weighted by Gasteiger charge is 2.28. The third-order valence-corrected chi connectivity index (χ3v) is 4.53. The second-order valence-electron chi connectivity index (χ2n) is 6.52. The quantitative estimate of drug-likeness (QED) is 0.749. The van der Waals surface area contributed by atoms with Gasteiger partial charge in [-0.05, 0) is 24.1 Å². The van der Waals surface area contributed by atoms with Crippen molar-refractivity contribution in [1.29, 1.82) is 0 Å². The van der Waals surface area contributed by atoms with Gasteiger partial charge in [0.1, 0.15) is 11.6 Å². The zero-order valence-electron chi connectivity index (χ0n) is 15.1. The van der Waals surface area contributed by atoms with Gasteiger partial charge in [0.25, 0.3) is 0 Å². The number of nitrogens with two attached hydrogens (primary N) is 1. The molecule has 1 amide bonds. The van der Waals surface area contributed by atoms with Crippen molar-refractivity contribution in [2.45, 2.75) is 38.4 Å². The molecular weight excluding hydrogens is 348 g/mol. The Kier molecular flexibility index (Phi) is 5.66. The maximum Gasteiger partial charge on any atom is 0.303 e. The summed E-state index contributed by atoms with van der Waals surface area (Å²) in [5.41, 5.74) is 8.61. The van der Waals surface area contributed by atoms with Crippen LogP contribution in [0, 0.1) is 0 Å². The van der Waals surface area contributed by atoms with Crippen LogP contribution in [-0.2, 0) is 29.1 Å². The number of fused-ring (bicyclic) bond motifs is 1. The molecule has 1 aliphatic heterocycles. The molecule has 27 heavy (non-hydrogen) atoms. The molecule has 1 aromatic carbocycles. The van der Waals surface area contributed by atoms with Crippen molar-refractivity contribution in [2.75, 3.05) is 7.11 Å². The van der Waals surface area contributed by atoms with Crippen LogP contribution in [0.1, 0.15) is 35.5 Å². The van der Waals surface area contributed by atoms with E-state index in [0.29, 0.717) is 25.3 Å². The van der Waals surface area contributed by atoms with Gasteiger partial charge in [0, 0.05) is 31.1 Å². The standard InChI is InChI=1S/C19H22N4O4/c1-27-14-4-2-12(3-5-14)8-17-21-9-13-10-23(11-16(13)22-17)19(26)15(20)6-7-18(24)25/h2-5,9,15H,6-8,10-11,20H2,1H3,(H,24,25)/t15-/m0/s1. The van der Waals surface area contributed by atoms with Crippen LogP contribution in [0.3, 0.4) is 0 Å². The molecule has 8 heteroatoms. The molecule has 0 unspecified atom stereocenters. The summed E-state index contributed by atoms with van der Waals surface area (Å²) in [5, 5.41) is 8.73. The summed E-state index contributed by atoms with van der Waals surface area (Å²) in [4.78, 5) is 33.6. The van der Waals surface area contributed by atoms with Gasteiger partial charge >= 0.3 is 5.97 Å². The van der Waals surface area contributed by atoms with E-state index in [4.69, 9.17) is 15.6 Å². The number of hydrogen-bond donors (Lipinski definition) is 2. The molecule has 2 heterocycles. The number of nitrogens with zero attached hydrogens (tertiary/aromatic N) is 3. The van der Waals surface area contributed by atoms with E-state index in [0.717, 1.165) is 22.6 Å². The van der Waals surface area contributed by atoms with Crippen molar-refractivity contribution in [3.05, 3.63) is 53.1 Å². The molecule has 0 saturated carbocycles. The topological polar surface area (TPSA) is 119 Å². The summed E-state index contributed by atoms with van der Waals surface area (Å²) in [7, 11) is 1.62. The first-order valence-corrected chi connectivity index (χ1v) is 8.69. The summed E-state index contributed by atoms with van der Waals surface area (Å²) < 4.78 is 5.15. The number of aliphatic carboxylic acids is 1. The molecule has 0 saturated heterocycles. The number of rotatable bonds is 7. The summed E-state index contributed by atoms with van der Waals surface area (Å²) in [6.45, 7) is 0.769. The molecule has 3 N–H and O–H groups in total. The summed E-state index contributed by atoms with van der Waals surface area (Å²) >= 11 is 0. The first-order chi connectivity index (χ1) is 13.0. The van der Waals surface area contributed by atoms with Crippen LogP contribution in [0.4, 0.5) is 0 Å². The molecule has 1 atom stereocenters. The number of carboxylic acid groups (broad SMARTS) is 1. The fourth-order valence-electron chi connectivity index (χ4n) is 3.00. The van der Waals surface area contributed by atoms with Crippen molar-refractivity contribution in [3.63, 3.8) is 0 Å². The molecule has 2 aromatic rings. The lowest BCUT2D eigenvalue weighted by Gasteiger charge is -2.19. The summed E-state index contributed by atoms with van der Waals surface area (Å²) in [5.74, 6) is 0.258. The summed E-state index contributed by atoms with van der Waals surface area (Å²) in [6.07, 6.45) is 2.33. The van der Waals surface area contributed by atoms with Crippen molar-refractivity contribution in [3.8, 4) is 5.75 Å². The molecule has 0 fully saturated rings. The minimum atomic E-state index is -0.961.